The molecule has 0 N–H and O–H groups in total. The van der Waals surface area contributed by atoms with E-state index >= 15 is 0 Å². The molecule has 1 fully saturated rings. The van der Waals surface area contributed by atoms with Gasteiger partial charge >= 0.3 is 0 Å². The summed E-state index contributed by atoms with van der Waals surface area (Å²) in [6.07, 6.45) is 6.43. The smallest absolute Gasteiger partial charge is 0.169 e. The minimum Gasteiger partial charge on any atom is -0.497 e. The maximum Gasteiger partial charge on any atom is 0.169 e. The molecule has 120 valence electrons. The van der Waals surface area contributed by atoms with Crippen molar-refractivity contribution in [3.8, 4) is 11.5 Å². The third-order valence-corrected chi connectivity index (χ3v) is 6.13. The van der Waals surface area contributed by atoms with Gasteiger partial charge < -0.3 is 14.2 Å². The third-order valence-electron chi connectivity index (χ3n) is 6.13. The number of nitrogens with zero attached hydrogens (tertiary/aromatic N) is 1. The van der Waals surface area contributed by atoms with Crippen LogP contribution in [0.15, 0.2) is 35.6 Å². The second-order valence-corrected chi connectivity index (χ2v) is 6.97. The molecule has 0 radical (unpaired) electrons. The van der Waals surface area contributed by atoms with Crippen LogP contribution >= 0.6 is 0 Å². The van der Waals surface area contributed by atoms with Crippen LogP contribution in [0, 0.1) is 0 Å². The van der Waals surface area contributed by atoms with Crippen LogP contribution in [0.1, 0.15) is 17.5 Å². The normalized spacial score (nSPS) is 33.3. The van der Waals surface area contributed by atoms with Crippen molar-refractivity contribution in [3.05, 3.63) is 46.7 Å². The van der Waals surface area contributed by atoms with E-state index in [1.807, 2.05) is 6.07 Å². The van der Waals surface area contributed by atoms with Crippen LogP contribution < -0.4 is 9.47 Å². The Morgan fingerprint density at radius 2 is 2.09 bits per heavy atom. The molecule has 2 aliphatic carbocycles. The van der Waals surface area contributed by atoms with Crippen LogP contribution in [0.3, 0.4) is 0 Å². The number of hydrogen-bond donors (Lipinski definition) is 0. The molecule has 23 heavy (non-hydrogen) atoms. The molecule has 5 rings (SSSR count). The summed E-state index contributed by atoms with van der Waals surface area (Å²) in [5, 5.41) is 0. The van der Waals surface area contributed by atoms with E-state index < -0.39 is 0 Å². The number of hydrogen-bond acceptors (Lipinski definition) is 4. The summed E-state index contributed by atoms with van der Waals surface area (Å²) in [6.45, 7) is 1.09. The average Bonchev–Trinajstić information content (AvgIpc) is 2.90. The standard InChI is InChI=1S/C19H21NO3/c1-20-7-6-19-13-4-5-15(22-3)18(19)23-16-10-12(21-2)8-11(17(16)19)9-14(13)20/h4-5,8,10,14,18H,6-7,9H2,1-3H3. The van der Waals surface area contributed by atoms with Gasteiger partial charge in [-0.15, -0.1) is 0 Å². The fraction of sp³-hybridized carbons (Fsp3) is 0.474. The molecule has 3 atom stereocenters. The van der Waals surface area contributed by atoms with Crippen molar-refractivity contribution in [2.45, 2.75) is 30.4 Å². The molecule has 4 aliphatic rings. The van der Waals surface area contributed by atoms with Gasteiger partial charge in [-0.25, -0.2) is 0 Å². The Kier molecular flexibility index (Phi) is 2.54. The summed E-state index contributed by atoms with van der Waals surface area (Å²) in [5.41, 5.74) is 4.19. The highest BCUT2D eigenvalue weighted by atomic mass is 16.5. The fourth-order valence-corrected chi connectivity index (χ4v) is 5.09. The van der Waals surface area contributed by atoms with Crippen molar-refractivity contribution in [3.63, 3.8) is 0 Å². The van der Waals surface area contributed by atoms with Gasteiger partial charge in [-0.3, -0.25) is 4.90 Å². The van der Waals surface area contributed by atoms with Crippen molar-refractivity contribution in [2.24, 2.45) is 0 Å². The summed E-state index contributed by atoms with van der Waals surface area (Å²) >= 11 is 0. The molecule has 2 aliphatic heterocycles. The van der Waals surface area contributed by atoms with Gasteiger partial charge in [-0.1, -0.05) is 6.08 Å². The van der Waals surface area contributed by atoms with Crippen molar-refractivity contribution in [1.82, 2.24) is 4.90 Å². The SMILES string of the molecule is COC1=CC=C2C3Cc4cc(OC)cc5c4C2(CCN3C)C1O5. The van der Waals surface area contributed by atoms with E-state index in [4.69, 9.17) is 14.2 Å². The summed E-state index contributed by atoms with van der Waals surface area (Å²) in [6, 6.07) is 4.67. The average molecular weight is 311 g/mol. The summed E-state index contributed by atoms with van der Waals surface area (Å²) < 4.78 is 17.6. The molecule has 2 heterocycles. The van der Waals surface area contributed by atoms with Gasteiger partial charge in [-0.05, 0) is 49.7 Å². The Morgan fingerprint density at radius 1 is 1.22 bits per heavy atom. The molecule has 2 bridgehead atoms. The zero-order valence-corrected chi connectivity index (χ0v) is 13.8. The Balaban J connectivity index is 1.82. The lowest BCUT2D eigenvalue weighted by Crippen LogP contribution is -2.58. The first-order valence-corrected chi connectivity index (χ1v) is 8.23. The van der Waals surface area contributed by atoms with Crippen LogP contribution in [0.25, 0.3) is 0 Å². The van der Waals surface area contributed by atoms with E-state index in [-0.39, 0.29) is 11.5 Å². The van der Waals surface area contributed by atoms with Crippen LogP contribution in [-0.4, -0.2) is 44.9 Å². The summed E-state index contributed by atoms with van der Waals surface area (Å²) in [5.74, 6) is 2.79. The zero-order valence-electron chi connectivity index (χ0n) is 13.8. The van der Waals surface area contributed by atoms with Crippen molar-refractivity contribution < 1.29 is 14.2 Å². The number of methoxy groups -OCH3 is 2. The summed E-state index contributed by atoms with van der Waals surface area (Å²) in [4.78, 5) is 2.47. The number of likely N-dealkylation sites (N-methyl/N-ethyl adjacent to an activating group) is 1. The van der Waals surface area contributed by atoms with Gasteiger partial charge in [-0.2, -0.15) is 0 Å². The Morgan fingerprint density at radius 3 is 2.87 bits per heavy atom. The first-order chi connectivity index (χ1) is 11.2. The lowest BCUT2D eigenvalue weighted by atomic mass is 9.57. The molecule has 4 nitrogen and oxygen atoms in total. The first kappa shape index (κ1) is 13.5. The molecule has 1 saturated heterocycles. The number of piperidine rings is 1. The number of allylic oxidation sites excluding steroid dienone is 2. The summed E-state index contributed by atoms with van der Waals surface area (Å²) in [7, 11) is 5.69. The maximum atomic E-state index is 6.43. The molecular formula is C19H21NO3. The molecular weight excluding hydrogens is 290 g/mol. The predicted octanol–water partition coefficient (Wildman–Crippen LogP) is 2.42. The van der Waals surface area contributed by atoms with Gasteiger partial charge in [0.1, 0.15) is 17.3 Å². The van der Waals surface area contributed by atoms with Gasteiger partial charge in [0, 0.05) is 17.7 Å². The minimum absolute atomic E-state index is 0.0372. The third kappa shape index (κ3) is 1.45. The van der Waals surface area contributed by atoms with E-state index in [9.17, 15) is 0 Å². The van der Waals surface area contributed by atoms with Crippen molar-refractivity contribution >= 4 is 0 Å². The molecule has 1 aromatic rings. The van der Waals surface area contributed by atoms with Crippen LogP contribution in [0.4, 0.5) is 0 Å². The lowest BCUT2D eigenvalue weighted by molar-refractivity contribution is 0.0743. The van der Waals surface area contributed by atoms with E-state index in [2.05, 4.69) is 30.2 Å². The molecule has 0 amide bonds. The van der Waals surface area contributed by atoms with Gasteiger partial charge in [0.2, 0.25) is 0 Å². The molecule has 3 unspecified atom stereocenters. The maximum absolute atomic E-state index is 6.43. The van der Waals surface area contributed by atoms with Crippen LogP contribution in [-0.2, 0) is 16.6 Å². The largest absolute Gasteiger partial charge is 0.497 e. The fourth-order valence-electron chi connectivity index (χ4n) is 5.09. The number of ether oxygens (including phenoxy) is 3. The molecule has 1 aromatic carbocycles. The van der Waals surface area contributed by atoms with E-state index in [0.29, 0.717) is 6.04 Å². The topological polar surface area (TPSA) is 30.9 Å². The number of benzene rings is 1. The number of likely N-dealkylation sites (tertiary alicyclic amines) is 1. The first-order valence-electron chi connectivity index (χ1n) is 8.23. The Bertz CT molecular complexity index is 766. The highest BCUT2D eigenvalue weighted by Crippen LogP contribution is 2.61. The second-order valence-electron chi connectivity index (χ2n) is 6.97. The molecule has 0 aromatic heterocycles. The van der Waals surface area contributed by atoms with Crippen LogP contribution in [0.2, 0.25) is 0 Å². The highest BCUT2D eigenvalue weighted by molar-refractivity contribution is 5.65. The number of rotatable bonds is 2. The molecule has 4 heteroatoms. The predicted molar refractivity (Wildman–Crippen MR) is 87.0 cm³/mol. The van der Waals surface area contributed by atoms with Crippen molar-refractivity contribution in [2.75, 3.05) is 27.8 Å². The minimum atomic E-state index is -0.0491. The van der Waals surface area contributed by atoms with Crippen LogP contribution in [0.5, 0.6) is 11.5 Å². The van der Waals surface area contributed by atoms with E-state index in [1.54, 1.807) is 14.2 Å². The monoisotopic (exact) mass is 311 g/mol. The van der Waals surface area contributed by atoms with E-state index in [0.717, 1.165) is 36.6 Å². The van der Waals surface area contributed by atoms with Gasteiger partial charge in [0.15, 0.2) is 6.10 Å². The van der Waals surface area contributed by atoms with Crippen molar-refractivity contribution in [1.29, 1.82) is 0 Å². The zero-order chi connectivity index (χ0) is 15.8. The Labute approximate surface area is 136 Å². The lowest BCUT2D eigenvalue weighted by Gasteiger charge is -2.52. The van der Waals surface area contributed by atoms with E-state index in [1.165, 1.54) is 16.7 Å². The quantitative estimate of drug-likeness (QED) is 0.839. The van der Waals surface area contributed by atoms with Gasteiger partial charge in [0.25, 0.3) is 0 Å². The highest BCUT2D eigenvalue weighted by Gasteiger charge is 2.61. The second kappa shape index (κ2) is 4.32. The molecule has 1 spiro atoms. The Hall–Kier alpha value is -1.94. The molecule has 0 saturated carbocycles. The van der Waals surface area contributed by atoms with Gasteiger partial charge in [0.05, 0.1) is 19.6 Å².